The first-order chi connectivity index (χ1) is 9.95. The Kier molecular flexibility index (Phi) is 6.59. The molecule has 114 valence electrons. The molecule has 0 aliphatic carbocycles. The molecule has 5 heteroatoms. The fourth-order valence-corrected chi connectivity index (χ4v) is 1.99. The van der Waals surface area contributed by atoms with Crippen molar-refractivity contribution in [2.45, 2.75) is 39.2 Å². The fraction of sp³-hybridized carbons (Fsp3) is 0.438. The topological polar surface area (TPSA) is 72.5 Å². The van der Waals surface area contributed by atoms with E-state index in [1.54, 1.807) is 12.1 Å². The number of nitrogens with one attached hydrogen (secondary N) is 1. The molecule has 0 fully saturated rings. The molecule has 0 saturated carbocycles. The molecule has 21 heavy (non-hydrogen) atoms. The van der Waals surface area contributed by atoms with Crippen LogP contribution in [-0.4, -0.2) is 30.8 Å². The number of benzene rings is 1. The van der Waals surface area contributed by atoms with Gasteiger partial charge in [0.15, 0.2) is 5.78 Å². The van der Waals surface area contributed by atoms with E-state index in [-0.39, 0.29) is 24.1 Å². The predicted molar refractivity (Wildman–Crippen MR) is 79.0 cm³/mol. The van der Waals surface area contributed by atoms with Gasteiger partial charge in [0.05, 0.1) is 13.2 Å². The van der Waals surface area contributed by atoms with E-state index in [2.05, 4.69) is 10.1 Å². The molecule has 1 aromatic rings. The summed E-state index contributed by atoms with van der Waals surface area (Å²) in [5.74, 6) is -0.712. The molecule has 0 spiro atoms. The maximum atomic E-state index is 12.2. The standard InChI is InChI=1S/C16H21NO4/c1-11-7-4-5-8-13(11)16(20)17-14(12(2)18)9-6-10-15(19)21-3/h4-5,7-8,14H,6,9-10H2,1-3H3,(H,17,20). The number of carbonyl (C=O) groups excluding carboxylic acids is 3. The normalized spacial score (nSPS) is 11.6. The highest BCUT2D eigenvalue weighted by Gasteiger charge is 2.19. The maximum Gasteiger partial charge on any atom is 0.305 e. The van der Waals surface area contributed by atoms with Crippen molar-refractivity contribution >= 4 is 17.7 Å². The van der Waals surface area contributed by atoms with Gasteiger partial charge in [-0.05, 0) is 38.3 Å². The minimum Gasteiger partial charge on any atom is -0.469 e. The molecule has 0 aliphatic rings. The molecule has 1 rings (SSSR count). The zero-order chi connectivity index (χ0) is 15.8. The molecule has 1 amide bonds. The SMILES string of the molecule is COC(=O)CCCC(NC(=O)c1ccccc1C)C(C)=O. The first-order valence-electron chi connectivity index (χ1n) is 6.89. The number of hydrogen-bond acceptors (Lipinski definition) is 4. The van der Waals surface area contributed by atoms with E-state index in [0.717, 1.165) is 5.56 Å². The second-order valence-corrected chi connectivity index (χ2v) is 4.92. The van der Waals surface area contributed by atoms with Crippen molar-refractivity contribution in [1.29, 1.82) is 0 Å². The van der Waals surface area contributed by atoms with Gasteiger partial charge in [0, 0.05) is 12.0 Å². The van der Waals surface area contributed by atoms with Crippen LogP contribution in [0, 0.1) is 6.92 Å². The number of amides is 1. The summed E-state index contributed by atoms with van der Waals surface area (Å²) < 4.78 is 4.55. The van der Waals surface area contributed by atoms with Gasteiger partial charge < -0.3 is 10.1 Å². The Hall–Kier alpha value is -2.17. The van der Waals surface area contributed by atoms with Crippen molar-refractivity contribution < 1.29 is 19.1 Å². The lowest BCUT2D eigenvalue weighted by atomic mass is 10.0. The van der Waals surface area contributed by atoms with Crippen molar-refractivity contribution in [2.24, 2.45) is 0 Å². The molecule has 1 N–H and O–H groups in total. The van der Waals surface area contributed by atoms with Crippen LogP contribution >= 0.6 is 0 Å². The summed E-state index contributed by atoms with van der Waals surface area (Å²) in [6.07, 6.45) is 1.15. The number of ketones is 1. The monoisotopic (exact) mass is 291 g/mol. The van der Waals surface area contributed by atoms with Crippen LogP contribution in [0.5, 0.6) is 0 Å². The Morgan fingerprint density at radius 1 is 1.24 bits per heavy atom. The van der Waals surface area contributed by atoms with Crippen LogP contribution < -0.4 is 5.32 Å². The van der Waals surface area contributed by atoms with Gasteiger partial charge in [-0.3, -0.25) is 14.4 Å². The molecular formula is C16H21NO4. The Bertz CT molecular complexity index is 525. The molecule has 0 bridgehead atoms. The van der Waals surface area contributed by atoms with Crippen molar-refractivity contribution in [3.8, 4) is 0 Å². The first kappa shape index (κ1) is 16.9. The van der Waals surface area contributed by atoms with Crippen LogP contribution in [-0.2, 0) is 14.3 Å². The molecule has 0 saturated heterocycles. The van der Waals surface area contributed by atoms with Crippen LogP contribution in [0.1, 0.15) is 42.1 Å². The number of hydrogen-bond donors (Lipinski definition) is 1. The average molecular weight is 291 g/mol. The quantitative estimate of drug-likeness (QED) is 0.780. The Morgan fingerprint density at radius 2 is 1.90 bits per heavy atom. The van der Waals surface area contributed by atoms with Crippen LogP contribution in [0.4, 0.5) is 0 Å². The summed E-state index contributed by atoms with van der Waals surface area (Å²) in [5.41, 5.74) is 1.41. The molecule has 0 aliphatic heterocycles. The molecule has 5 nitrogen and oxygen atoms in total. The fourth-order valence-electron chi connectivity index (χ4n) is 1.99. The molecule has 1 aromatic carbocycles. The van der Waals surface area contributed by atoms with E-state index in [1.807, 2.05) is 19.1 Å². The van der Waals surface area contributed by atoms with Crippen LogP contribution in [0.25, 0.3) is 0 Å². The minimum atomic E-state index is -0.582. The van der Waals surface area contributed by atoms with Gasteiger partial charge in [0.1, 0.15) is 0 Å². The highest BCUT2D eigenvalue weighted by molar-refractivity contribution is 5.98. The Morgan fingerprint density at radius 3 is 2.48 bits per heavy atom. The van der Waals surface area contributed by atoms with E-state index in [0.29, 0.717) is 18.4 Å². The van der Waals surface area contributed by atoms with Gasteiger partial charge in [-0.1, -0.05) is 18.2 Å². The number of rotatable bonds is 7. The van der Waals surface area contributed by atoms with Crippen molar-refractivity contribution in [3.63, 3.8) is 0 Å². The third-order valence-electron chi connectivity index (χ3n) is 3.29. The lowest BCUT2D eigenvalue weighted by Gasteiger charge is -2.16. The molecule has 0 radical (unpaired) electrons. The number of ether oxygens (including phenoxy) is 1. The largest absolute Gasteiger partial charge is 0.469 e. The van der Waals surface area contributed by atoms with Gasteiger partial charge in [-0.25, -0.2) is 0 Å². The van der Waals surface area contributed by atoms with Crippen LogP contribution in [0.15, 0.2) is 24.3 Å². The zero-order valence-corrected chi connectivity index (χ0v) is 12.6. The molecule has 1 atom stereocenters. The average Bonchev–Trinajstić information content (AvgIpc) is 2.46. The summed E-state index contributed by atoms with van der Waals surface area (Å²) in [7, 11) is 1.32. The number of carbonyl (C=O) groups is 3. The van der Waals surface area contributed by atoms with E-state index in [1.165, 1.54) is 14.0 Å². The zero-order valence-electron chi connectivity index (χ0n) is 12.6. The highest BCUT2D eigenvalue weighted by atomic mass is 16.5. The summed E-state index contributed by atoms with van der Waals surface area (Å²) in [6.45, 7) is 3.27. The molecule has 0 heterocycles. The second-order valence-electron chi connectivity index (χ2n) is 4.92. The van der Waals surface area contributed by atoms with E-state index in [9.17, 15) is 14.4 Å². The van der Waals surface area contributed by atoms with E-state index >= 15 is 0 Å². The third-order valence-corrected chi connectivity index (χ3v) is 3.29. The molecular weight excluding hydrogens is 270 g/mol. The summed E-state index contributed by atoms with van der Waals surface area (Å²) in [4.78, 5) is 34.8. The lowest BCUT2D eigenvalue weighted by Crippen LogP contribution is -2.40. The molecule has 1 unspecified atom stereocenters. The van der Waals surface area contributed by atoms with Gasteiger partial charge in [0.2, 0.25) is 0 Å². The number of methoxy groups -OCH3 is 1. The van der Waals surface area contributed by atoms with E-state index in [4.69, 9.17) is 0 Å². The first-order valence-corrected chi connectivity index (χ1v) is 6.89. The number of Topliss-reactive ketones (excluding diaryl/α,β-unsaturated/α-hetero) is 1. The second kappa shape index (κ2) is 8.19. The van der Waals surface area contributed by atoms with Crippen molar-refractivity contribution in [2.75, 3.05) is 7.11 Å². The Labute approximate surface area is 124 Å². The van der Waals surface area contributed by atoms with Gasteiger partial charge in [-0.15, -0.1) is 0 Å². The summed E-state index contributed by atoms with van der Waals surface area (Å²) >= 11 is 0. The van der Waals surface area contributed by atoms with Crippen LogP contribution in [0.2, 0.25) is 0 Å². The smallest absolute Gasteiger partial charge is 0.305 e. The third kappa shape index (κ3) is 5.38. The lowest BCUT2D eigenvalue weighted by molar-refractivity contribution is -0.140. The Balaban J connectivity index is 2.62. The minimum absolute atomic E-state index is 0.123. The van der Waals surface area contributed by atoms with Gasteiger partial charge in [-0.2, -0.15) is 0 Å². The number of aryl methyl sites for hydroxylation is 1. The maximum absolute atomic E-state index is 12.2. The van der Waals surface area contributed by atoms with Crippen molar-refractivity contribution in [3.05, 3.63) is 35.4 Å². The van der Waals surface area contributed by atoms with Crippen molar-refractivity contribution in [1.82, 2.24) is 5.32 Å². The summed E-state index contributed by atoms with van der Waals surface area (Å²) in [5, 5.41) is 2.72. The van der Waals surface area contributed by atoms with Gasteiger partial charge >= 0.3 is 5.97 Å². The predicted octanol–water partition coefficient (Wildman–Crippen LogP) is 2.03. The molecule has 0 aromatic heterocycles. The van der Waals surface area contributed by atoms with Gasteiger partial charge in [0.25, 0.3) is 5.91 Å². The van der Waals surface area contributed by atoms with Crippen LogP contribution in [0.3, 0.4) is 0 Å². The summed E-state index contributed by atoms with van der Waals surface area (Å²) in [6, 6.07) is 6.61. The van der Waals surface area contributed by atoms with E-state index < -0.39 is 6.04 Å². The highest BCUT2D eigenvalue weighted by Crippen LogP contribution is 2.09. The number of esters is 1.